The molecule has 1 atom stereocenters. The molecule has 3 aromatic rings. The normalized spacial score (nSPS) is 18.7. The molecule has 2 N–H and O–H groups in total. The molecule has 2 aromatic carbocycles. The lowest BCUT2D eigenvalue weighted by Gasteiger charge is -2.41. The fourth-order valence-electron chi connectivity index (χ4n) is 3.82. The van der Waals surface area contributed by atoms with Gasteiger partial charge < -0.3 is 15.4 Å². The van der Waals surface area contributed by atoms with Crippen LogP contribution in [0.4, 0.5) is 4.39 Å². The first kappa shape index (κ1) is 21.2. The molecule has 4 rings (SSSR count). The van der Waals surface area contributed by atoms with E-state index in [1.54, 1.807) is 34.4 Å². The van der Waals surface area contributed by atoms with E-state index in [-0.39, 0.29) is 31.9 Å². The zero-order valence-electron chi connectivity index (χ0n) is 16.9. The minimum atomic E-state index is -1.31. The molecule has 5 nitrogen and oxygen atoms in total. The van der Waals surface area contributed by atoms with E-state index in [0.29, 0.717) is 12.1 Å². The molecule has 1 saturated heterocycles. The van der Waals surface area contributed by atoms with E-state index in [1.165, 1.54) is 6.07 Å². The van der Waals surface area contributed by atoms with Crippen LogP contribution in [0, 0.1) is 5.82 Å². The third-order valence-electron chi connectivity index (χ3n) is 5.54. The number of thiophene rings is 1. The summed E-state index contributed by atoms with van der Waals surface area (Å²) in [4.78, 5) is 27.9. The molecule has 160 valence electrons. The SMILES string of the molecule is NC(=O)[C@@]1(Cc2ccc(-c3cccs3)cc2)CN(C(=O)Cc2ccccc2F)CCO1. The number of amides is 2. The average molecular weight is 439 g/mol. The summed E-state index contributed by atoms with van der Waals surface area (Å²) in [6.45, 7) is 0.571. The number of ether oxygens (including phenoxy) is 1. The molecule has 1 aliphatic heterocycles. The van der Waals surface area contributed by atoms with Crippen LogP contribution in [0.1, 0.15) is 11.1 Å². The number of benzene rings is 2. The molecule has 1 aliphatic rings. The van der Waals surface area contributed by atoms with E-state index in [1.807, 2.05) is 41.8 Å². The topological polar surface area (TPSA) is 72.6 Å². The van der Waals surface area contributed by atoms with E-state index in [9.17, 15) is 14.0 Å². The molecule has 0 spiro atoms. The molecule has 1 aromatic heterocycles. The van der Waals surface area contributed by atoms with Gasteiger partial charge in [0, 0.05) is 17.8 Å². The van der Waals surface area contributed by atoms with Gasteiger partial charge in [0.2, 0.25) is 5.91 Å². The zero-order chi connectivity index (χ0) is 21.8. The number of carbonyl (C=O) groups is 2. The molecule has 2 heterocycles. The van der Waals surface area contributed by atoms with Gasteiger partial charge in [-0.2, -0.15) is 0 Å². The van der Waals surface area contributed by atoms with Crippen LogP contribution in [0.2, 0.25) is 0 Å². The summed E-state index contributed by atoms with van der Waals surface area (Å²) < 4.78 is 19.8. The third kappa shape index (κ3) is 4.68. The van der Waals surface area contributed by atoms with Crippen LogP contribution in [-0.2, 0) is 27.2 Å². The van der Waals surface area contributed by atoms with Crippen LogP contribution in [0.25, 0.3) is 10.4 Å². The van der Waals surface area contributed by atoms with Gasteiger partial charge in [-0.3, -0.25) is 9.59 Å². The van der Waals surface area contributed by atoms with Crippen molar-refractivity contribution in [2.24, 2.45) is 5.73 Å². The van der Waals surface area contributed by atoms with Gasteiger partial charge in [-0.1, -0.05) is 48.5 Å². The minimum Gasteiger partial charge on any atom is -0.367 e. The molecule has 0 unspecified atom stereocenters. The van der Waals surface area contributed by atoms with Crippen molar-refractivity contribution in [1.82, 2.24) is 4.90 Å². The number of nitrogens with two attached hydrogens (primary N) is 1. The van der Waals surface area contributed by atoms with Gasteiger partial charge in [0.05, 0.1) is 19.6 Å². The van der Waals surface area contributed by atoms with Crippen molar-refractivity contribution in [2.75, 3.05) is 19.7 Å². The molecule has 0 bridgehead atoms. The van der Waals surface area contributed by atoms with Gasteiger partial charge >= 0.3 is 0 Å². The Hall–Kier alpha value is -3.03. The second-order valence-electron chi connectivity index (χ2n) is 7.64. The molecule has 1 fully saturated rings. The predicted molar refractivity (Wildman–Crippen MR) is 118 cm³/mol. The molecular formula is C24H23FN2O3S. The van der Waals surface area contributed by atoms with E-state index >= 15 is 0 Å². The maximum Gasteiger partial charge on any atom is 0.251 e. The Morgan fingerprint density at radius 3 is 2.55 bits per heavy atom. The lowest BCUT2D eigenvalue weighted by atomic mass is 9.91. The first-order valence-electron chi connectivity index (χ1n) is 10.0. The van der Waals surface area contributed by atoms with E-state index < -0.39 is 17.3 Å². The summed E-state index contributed by atoms with van der Waals surface area (Å²) in [5.74, 6) is -1.29. The summed E-state index contributed by atoms with van der Waals surface area (Å²) in [5.41, 5.74) is 6.74. The Kier molecular flexibility index (Phi) is 6.15. The Morgan fingerprint density at radius 1 is 1.10 bits per heavy atom. The highest BCUT2D eigenvalue weighted by molar-refractivity contribution is 7.13. The Balaban J connectivity index is 1.50. The summed E-state index contributed by atoms with van der Waals surface area (Å²) in [7, 11) is 0. The molecular weight excluding hydrogens is 415 g/mol. The largest absolute Gasteiger partial charge is 0.367 e. The number of nitrogens with zero attached hydrogens (tertiary/aromatic N) is 1. The fourth-order valence-corrected chi connectivity index (χ4v) is 4.55. The number of halogens is 1. The highest BCUT2D eigenvalue weighted by Gasteiger charge is 2.43. The Bertz CT molecular complexity index is 1070. The van der Waals surface area contributed by atoms with Crippen LogP contribution in [0.5, 0.6) is 0 Å². The summed E-state index contributed by atoms with van der Waals surface area (Å²) in [5, 5.41) is 2.02. The summed E-state index contributed by atoms with van der Waals surface area (Å²) in [6.07, 6.45) is 0.188. The average Bonchev–Trinajstić information content (AvgIpc) is 3.31. The smallest absolute Gasteiger partial charge is 0.251 e. The highest BCUT2D eigenvalue weighted by atomic mass is 32.1. The van der Waals surface area contributed by atoms with Crippen molar-refractivity contribution in [1.29, 1.82) is 0 Å². The van der Waals surface area contributed by atoms with Crippen molar-refractivity contribution < 1.29 is 18.7 Å². The van der Waals surface area contributed by atoms with Crippen molar-refractivity contribution >= 4 is 23.2 Å². The number of hydrogen-bond acceptors (Lipinski definition) is 4. The second-order valence-corrected chi connectivity index (χ2v) is 8.59. The number of carbonyl (C=O) groups excluding carboxylic acids is 2. The van der Waals surface area contributed by atoms with Gasteiger partial charge in [-0.05, 0) is 34.2 Å². The van der Waals surface area contributed by atoms with Gasteiger partial charge in [-0.15, -0.1) is 11.3 Å². The van der Waals surface area contributed by atoms with Crippen LogP contribution >= 0.6 is 11.3 Å². The summed E-state index contributed by atoms with van der Waals surface area (Å²) in [6, 6.07) is 18.1. The first-order chi connectivity index (χ1) is 15.0. The maximum atomic E-state index is 14.0. The quantitative estimate of drug-likeness (QED) is 0.641. The first-order valence-corrected chi connectivity index (χ1v) is 10.9. The molecule has 2 amide bonds. The Morgan fingerprint density at radius 2 is 1.87 bits per heavy atom. The van der Waals surface area contributed by atoms with Crippen molar-refractivity contribution in [3.05, 3.63) is 83.0 Å². The zero-order valence-corrected chi connectivity index (χ0v) is 17.7. The molecule has 0 radical (unpaired) electrons. The van der Waals surface area contributed by atoms with Gasteiger partial charge in [0.15, 0.2) is 5.60 Å². The number of hydrogen-bond donors (Lipinski definition) is 1. The van der Waals surface area contributed by atoms with Crippen molar-refractivity contribution in [2.45, 2.75) is 18.4 Å². The van der Waals surface area contributed by atoms with Gasteiger partial charge in [-0.25, -0.2) is 4.39 Å². The van der Waals surface area contributed by atoms with Gasteiger partial charge in [0.1, 0.15) is 5.82 Å². The monoisotopic (exact) mass is 438 g/mol. The number of morpholine rings is 1. The van der Waals surface area contributed by atoms with Crippen LogP contribution in [0.15, 0.2) is 66.0 Å². The number of primary amides is 1. The molecule has 7 heteroatoms. The van der Waals surface area contributed by atoms with Crippen molar-refractivity contribution in [3.8, 4) is 10.4 Å². The lowest BCUT2D eigenvalue weighted by Crippen LogP contribution is -2.61. The molecule has 0 aliphatic carbocycles. The van der Waals surface area contributed by atoms with E-state index in [2.05, 4.69) is 0 Å². The van der Waals surface area contributed by atoms with Gasteiger partial charge in [0.25, 0.3) is 5.91 Å². The van der Waals surface area contributed by atoms with E-state index in [4.69, 9.17) is 10.5 Å². The lowest BCUT2D eigenvalue weighted by molar-refractivity contribution is -0.163. The third-order valence-corrected chi connectivity index (χ3v) is 6.46. The van der Waals surface area contributed by atoms with E-state index in [0.717, 1.165) is 16.0 Å². The maximum absolute atomic E-state index is 14.0. The number of rotatable bonds is 6. The molecule has 31 heavy (non-hydrogen) atoms. The highest BCUT2D eigenvalue weighted by Crippen LogP contribution is 2.28. The predicted octanol–water partition coefficient (Wildman–Crippen LogP) is 3.42. The standard InChI is InChI=1S/C24H23FN2O3S/c25-20-5-2-1-4-19(20)14-22(28)27-11-12-30-24(16-27,23(26)29)15-17-7-9-18(10-8-17)21-6-3-13-31-21/h1-10,13H,11-12,14-16H2,(H2,26,29)/t24-/m1/s1. The Labute approximate surface area is 184 Å². The van der Waals surface area contributed by atoms with Crippen molar-refractivity contribution in [3.63, 3.8) is 0 Å². The summed E-state index contributed by atoms with van der Waals surface area (Å²) >= 11 is 1.66. The second kappa shape index (κ2) is 8.99. The van der Waals surface area contributed by atoms with Crippen LogP contribution < -0.4 is 5.73 Å². The molecule has 0 saturated carbocycles. The van der Waals surface area contributed by atoms with Crippen LogP contribution in [-0.4, -0.2) is 42.0 Å². The minimum absolute atomic E-state index is 0.0439. The fraction of sp³-hybridized carbons (Fsp3) is 0.250. The van der Waals surface area contributed by atoms with Crippen LogP contribution in [0.3, 0.4) is 0 Å².